The van der Waals surface area contributed by atoms with Crippen molar-refractivity contribution in [3.05, 3.63) is 18.0 Å². The van der Waals surface area contributed by atoms with Crippen LogP contribution in [-0.2, 0) is 6.54 Å². The molecule has 0 saturated carbocycles. The van der Waals surface area contributed by atoms with E-state index >= 15 is 0 Å². The van der Waals surface area contributed by atoms with Crippen molar-refractivity contribution in [2.24, 2.45) is 11.8 Å². The molecule has 2 aliphatic heterocycles. The molecule has 1 N–H and O–H groups in total. The van der Waals surface area contributed by atoms with Gasteiger partial charge in [-0.25, -0.2) is 0 Å². The van der Waals surface area contributed by atoms with E-state index in [9.17, 15) is 0 Å². The number of aromatic nitrogens is 2. The molecule has 2 saturated heterocycles. The van der Waals surface area contributed by atoms with Crippen molar-refractivity contribution in [2.45, 2.75) is 32.9 Å². The number of piperidine rings is 1. The highest BCUT2D eigenvalue weighted by molar-refractivity contribution is 5.85. The van der Waals surface area contributed by atoms with E-state index < -0.39 is 0 Å². The molecule has 19 heavy (non-hydrogen) atoms. The minimum absolute atomic E-state index is 0. The predicted octanol–water partition coefficient (Wildman–Crippen LogP) is 1.93. The van der Waals surface area contributed by atoms with Crippen molar-refractivity contribution in [1.29, 1.82) is 0 Å². The summed E-state index contributed by atoms with van der Waals surface area (Å²) in [6, 6.07) is 2.63. The molecule has 1 aromatic heterocycles. The number of likely N-dealkylation sites (tertiary alicyclic amines) is 1. The van der Waals surface area contributed by atoms with Crippen LogP contribution in [0.3, 0.4) is 0 Å². The number of rotatable bonds is 3. The van der Waals surface area contributed by atoms with Gasteiger partial charge in [-0.05, 0) is 57.8 Å². The number of hydrogen-bond acceptors (Lipinski definition) is 3. The molecular weight excluding hydrogens is 260 g/mol. The Morgan fingerprint density at radius 1 is 1.37 bits per heavy atom. The van der Waals surface area contributed by atoms with E-state index in [4.69, 9.17) is 0 Å². The topological polar surface area (TPSA) is 33.1 Å². The largest absolute Gasteiger partial charge is 0.316 e. The third-order valence-corrected chi connectivity index (χ3v) is 4.37. The van der Waals surface area contributed by atoms with E-state index in [2.05, 4.69) is 46.1 Å². The summed E-state index contributed by atoms with van der Waals surface area (Å²) in [5, 5.41) is 8.17. The monoisotopic (exact) mass is 284 g/mol. The van der Waals surface area contributed by atoms with Gasteiger partial charge >= 0.3 is 0 Å². The summed E-state index contributed by atoms with van der Waals surface area (Å²) in [5.74, 6) is 1.79. The van der Waals surface area contributed by atoms with Gasteiger partial charge in [0.05, 0.1) is 5.69 Å². The van der Waals surface area contributed by atoms with Gasteiger partial charge in [-0.15, -0.1) is 12.4 Å². The Bertz CT molecular complexity index is 404. The van der Waals surface area contributed by atoms with E-state index in [0.717, 1.165) is 18.4 Å². The maximum atomic E-state index is 4.65. The molecular formula is C14H25ClN4. The van der Waals surface area contributed by atoms with Gasteiger partial charge in [-0.2, -0.15) is 5.10 Å². The lowest BCUT2D eigenvalue weighted by Gasteiger charge is -2.33. The zero-order valence-electron chi connectivity index (χ0n) is 11.9. The summed E-state index contributed by atoms with van der Waals surface area (Å²) >= 11 is 0. The second-order valence-electron chi connectivity index (χ2n) is 6.08. The molecule has 2 unspecified atom stereocenters. The van der Waals surface area contributed by atoms with Gasteiger partial charge in [0.15, 0.2) is 0 Å². The number of hydrogen-bond donors (Lipinski definition) is 1. The van der Waals surface area contributed by atoms with Crippen LogP contribution < -0.4 is 5.32 Å². The van der Waals surface area contributed by atoms with Crippen LogP contribution in [0.2, 0.25) is 0 Å². The second-order valence-corrected chi connectivity index (χ2v) is 6.08. The van der Waals surface area contributed by atoms with Crippen molar-refractivity contribution in [3.8, 4) is 0 Å². The average Bonchev–Trinajstić information content (AvgIpc) is 2.96. The molecule has 0 amide bonds. The Labute approximate surface area is 122 Å². The number of halogens is 1. The molecule has 4 nitrogen and oxygen atoms in total. The van der Waals surface area contributed by atoms with Gasteiger partial charge in [-0.3, -0.25) is 9.58 Å². The molecule has 0 aromatic carbocycles. The minimum Gasteiger partial charge on any atom is -0.316 e. The summed E-state index contributed by atoms with van der Waals surface area (Å²) < 4.78 is 2.05. The van der Waals surface area contributed by atoms with Crippen molar-refractivity contribution >= 4 is 12.4 Å². The molecule has 3 heterocycles. The first-order valence-corrected chi connectivity index (χ1v) is 7.19. The first kappa shape index (κ1) is 14.8. The van der Waals surface area contributed by atoms with E-state index in [1.165, 1.54) is 38.3 Å². The highest BCUT2D eigenvalue weighted by Crippen LogP contribution is 2.27. The quantitative estimate of drug-likeness (QED) is 0.921. The number of nitrogens with one attached hydrogen (secondary N) is 1. The first-order valence-electron chi connectivity index (χ1n) is 7.19. The zero-order valence-corrected chi connectivity index (χ0v) is 12.7. The fourth-order valence-electron chi connectivity index (χ4n) is 3.23. The molecule has 3 rings (SSSR count). The van der Waals surface area contributed by atoms with Crippen LogP contribution >= 0.6 is 12.4 Å². The fourth-order valence-corrected chi connectivity index (χ4v) is 3.23. The maximum Gasteiger partial charge on any atom is 0.0764 e. The molecule has 0 spiro atoms. The van der Waals surface area contributed by atoms with Crippen LogP contribution in [0.25, 0.3) is 0 Å². The highest BCUT2D eigenvalue weighted by atomic mass is 35.5. The maximum absolute atomic E-state index is 4.65. The summed E-state index contributed by atoms with van der Waals surface area (Å²) in [6.07, 6.45) is 3.45. The van der Waals surface area contributed by atoms with Crippen LogP contribution in [0.5, 0.6) is 0 Å². The molecule has 5 heteroatoms. The predicted molar refractivity (Wildman–Crippen MR) is 79.6 cm³/mol. The van der Waals surface area contributed by atoms with Gasteiger partial charge in [0.25, 0.3) is 0 Å². The van der Waals surface area contributed by atoms with Crippen LogP contribution in [0.4, 0.5) is 0 Å². The lowest BCUT2D eigenvalue weighted by atomic mass is 9.89. The third kappa shape index (κ3) is 3.30. The van der Waals surface area contributed by atoms with Crippen molar-refractivity contribution in [2.75, 3.05) is 26.2 Å². The van der Waals surface area contributed by atoms with E-state index in [-0.39, 0.29) is 12.4 Å². The first-order chi connectivity index (χ1) is 8.72. The molecule has 0 radical (unpaired) electrons. The standard InChI is InChI=1S/C14H24N4.ClH/c1-11(2)18-6-4-14(16-18)10-17-5-3-12-7-15-8-13(12)9-17;/h4,6,11-13,15H,3,5,7-10H2,1-2H3;1H. The highest BCUT2D eigenvalue weighted by Gasteiger charge is 2.32. The van der Waals surface area contributed by atoms with E-state index in [1.54, 1.807) is 0 Å². The fraction of sp³-hybridized carbons (Fsp3) is 0.786. The molecule has 0 bridgehead atoms. The molecule has 108 valence electrons. The Kier molecular flexibility index (Phi) is 4.87. The van der Waals surface area contributed by atoms with Crippen LogP contribution in [0.1, 0.15) is 32.0 Å². The van der Waals surface area contributed by atoms with Crippen molar-refractivity contribution in [3.63, 3.8) is 0 Å². The van der Waals surface area contributed by atoms with Gasteiger partial charge in [0.1, 0.15) is 0 Å². The van der Waals surface area contributed by atoms with Crippen LogP contribution in [0, 0.1) is 11.8 Å². The Morgan fingerprint density at radius 2 is 2.16 bits per heavy atom. The van der Waals surface area contributed by atoms with Gasteiger partial charge in [0.2, 0.25) is 0 Å². The molecule has 2 fully saturated rings. The molecule has 2 atom stereocenters. The van der Waals surface area contributed by atoms with E-state index in [1.807, 2.05) is 0 Å². The number of fused-ring (bicyclic) bond motifs is 1. The third-order valence-electron chi connectivity index (χ3n) is 4.37. The Morgan fingerprint density at radius 3 is 2.89 bits per heavy atom. The summed E-state index contributed by atoms with van der Waals surface area (Å²) in [4.78, 5) is 2.57. The Balaban J connectivity index is 0.00000133. The smallest absolute Gasteiger partial charge is 0.0764 e. The second kappa shape index (κ2) is 6.25. The number of nitrogens with zero attached hydrogens (tertiary/aromatic N) is 3. The minimum atomic E-state index is 0. The summed E-state index contributed by atoms with van der Waals surface area (Å²) in [5.41, 5.74) is 1.22. The molecule has 0 aliphatic carbocycles. The summed E-state index contributed by atoms with van der Waals surface area (Å²) in [7, 11) is 0. The van der Waals surface area contributed by atoms with Crippen molar-refractivity contribution < 1.29 is 0 Å². The van der Waals surface area contributed by atoms with Crippen LogP contribution in [0.15, 0.2) is 12.3 Å². The van der Waals surface area contributed by atoms with E-state index in [0.29, 0.717) is 6.04 Å². The SMILES string of the molecule is CC(C)n1ccc(CN2CCC3CNCC3C2)n1.Cl. The lowest BCUT2D eigenvalue weighted by molar-refractivity contribution is 0.140. The van der Waals surface area contributed by atoms with Gasteiger partial charge < -0.3 is 5.32 Å². The molecule has 2 aliphatic rings. The average molecular weight is 285 g/mol. The Hall–Kier alpha value is -0.580. The lowest BCUT2D eigenvalue weighted by Crippen LogP contribution is -2.39. The normalized spacial score (nSPS) is 27.3. The van der Waals surface area contributed by atoms with Gasteiger partial charge in [0, 0.05) is 25.3 Å². The van der Waals surface area contributed by atoms with Crippen LogP contribution in [-0.4, -0.2) is 40.9 Å². The summed E-state index contributed by atoms with van der Waals surface area (Å²) in [6.45, 7) is 10.3. The van der Waals surface area contributed by atoms with Crippen molar-refractivity contribution in [1.82, 2.24) is 20.0 Å². The van der Waals surface area contributed by atoms with Gasteiger partial charge in [-0.1, -0.05) is 0 Å². The zero-order chi connectivity index (χ0) is 12.5. The molecule has 1 aromatic rings.